The Morgan fingerprint density at radius 2 is 1.70 bits per heavy atom. The zero-order valence-electron chi connectivity index (χ0n) is 5.75. The van der Waals surface area contributed by atoms with Crippen LogP contribution in [0.15, 0.2) is 37.4 Å². The van der Waals surface area contributed by atoms with Crippen LogP contribution in [-0.4, -0.2) is 5.11 Å². The second-order valence-corrected chi connectivity index (χ2v) is 1.56. The smallest absolute Gasteiger partial charge is 0.138 e. The number of hydrogen-bond donors (Lipinski definition) is 2. The van der Waals surface area contributed by atoms with Crippen LogP contribution in [0.2, 0.25) is 0 Å². The molecule has 54 valence electrons. The second-order valence-electron chi connectivity index (χ2n) is 1.56. The first-order valence-corrected chi connectivity index (χ1v) is 2.84. The van der Waals surface area contributed by atoms with Crippen molar-refractivity contribution in [2.45, 2.75) is 0 Å². The Labute approximate surface area is 60.6 Å². The molecular formula is C8H11NO. The van der Waals surface area contributed by atoms with Gasteiger partial charge >= 0.3 is 0 Å². The number of hydrogen-bond acceptors (Lipinski definition) is 2. The van der Waals surface area contributed by atoms with Crippen molar-refractivity contribution in [3.05, 3.63) is 37.4 Å². The summed E-state index contributed by atoms with van der Waals surface area (Å²) in [6.07, 6.45) is 0. The van der Waals surface area contributed by atoms with Gasteiger partial charge in [0.1, 0.15) is 5.75 Å². The molecule has 1 rings (SSSR count). The fraction of sp³-hybridized carbons (Fsp3) is 0. The van der Waals surface area contributed by atoms with Gasteiger partial charge in [0.2, 0.25) is 0 Å². The number of rotatable bonds is 0. The molecule has 0 fully saturated rings. The highest BCUT2D eigenvalue weighted by atomic mass is 16.3. The van der Waals surface area contributed by atoms with Crippen LogP contribution in [0.3, 0.4) is 0 Å². The molecule has 0 aliphatic heterocycles. The van der Waals surface area contributed by atoms with Crippen LogP contribution >= 0.6 is 0 Å². The van der Waals surface area contributed by atoms with Crippen molar-refractivity contribution in [2.75, 3.05) is 5.73 Å². The average molecular weight is 137 g/mol. The maximum Gasteiger partial charge on any atom is 0.138 e. The number of anilines is 1. The van der Waals surface area contributed by atoms with Gasteiger partial charge in [0.05, 0.1) is 5.69 Å². The number of para-hydroxylation sites is 2. The number of nitrogen functional groups attached to an aromatic ring is 1. The van der Waals surface area contributed by atoms with Crippen molar-refractivity contribution in [3.63, 3.8) is 0 Å². The highest BCUT2D eigenvalue weighted by molar-refractivity contribution is 5.50. The molecular weight excluding hydrogens is 126 g/mol. The fourth-order valence-corrected chi connectivity index (χ4v) is 0.488. The molecule has 0 atom stereocenters. The number of benzene rings is 1. The van der Waals surface area contributed by atoms with E-state index in [1.807, 2.05) is 0 Å². The van der Waals surface area contributed by atoms with E-state index in [0.29, 0.717) is 5.69 Å². The van der Waals surface area contributed by atoms with Gasteiger partial charge in [-0.1, -0.05) is 12.1 Å². The van der Waals surface area contributed by atoms with Crippen molar-refractivity contribution in [3.8, 4) is 5.75 Å². The lowest BCUT2D eigenvalue weighted by Gasteiger charge is -1.92. The largest absolute Gasteiger partial charge is 0.506 e. The van der Waals surface area contributed by atoms with E-state index in [1.165, 1.54) is 0 Å². The summed E-state index contributed by atoms with van der Waals surface area (Å²) in [4.78, 5) is 0. The van der Waals surface area contributed by atoms with E-state index in [2.05, 4.69) is 13.2 Å². The zero-order chi connectivity index (χ0) is 7.98. The molecule has 0 bridgehead atoms. The Morgan fingerprint density at radius 3 is 2.00 bits per heavy atom. The van der Waals surface area contributed by atoms with Gasteiger partial charge in [-0.25, -0.2) is 0 Å². The first-order valence-electron chi connectivity index (χ1n) is 2.84. The van der Waals surface area contributed by atoms with Gasteiger partial charge in [-0.2, -0.15) is 0 Å². The standard InChI is InChI=1S/C6H7NO.C2H4/c7-5-3-1-2-4-6(5)8;1-2/h1-4,8H,7H2;1-2H2. The van der Waals surface area contributed by atoms with E-state index in [1.54, 1.807) is 24.3 Å². The predicted molar refractivity (Wildman–Crippen MR) is 43.8 cm³/mol. The monoisotopic (exact) mass is 137 g/mol. The molecule has 10 heavy (non-hydrogen) atoms. The molecule has 0 heterocycles. The molecule has 0 aliphatic rings. The first kappa shape index (κ1) is 8.56. The third kappa shape index (κ3) is 2.22. The molecule has 0 aromatic heterocycles. The van der Waals surface area contributed by atoms with E-state index in [-0.39, 0.29) is 5.75 Å². The summed E-state index contributed by atoms with van der Waals surface area (Å²) in [7, 11) is 0. The van der Waals surface area contributed by atoms with Crippen LogP contribution in [0.5, 0.6) is 5.75 Å². The SMILES string of the molecule is C=C.Nc1ccccc1O. The molecule has 3 N–H and O–H groups in total. The average Bonchev–Trinajstić information content (AvgIpc) is 2.00. The predicted octanol–water partition coefficient (Wildman–Crippen LogP) is 1.78. The molecule has 1 aromatic rings. The maximum atomic E-state index is 8.79. The summed E-state index contributed by atoms with van der Waals surface area (Å²) < 4.78 is 0. The summed E-state index contributed by atoms with van der Waals surface area (Å²) in [6.45, 7) is 6.00. The third-order valence-corrected chi connectivity index (χ3v) is 0.937. The molecule has 1 aromatic carbocycles. The minimum Gasteiger partial charge on any atom is -0.506 e. The van der Waals surface area contributed by atoms with Gasteiger partial charge in [-0.3, -0.25) is 0 Å². The van der Waals surface area contributed by atoms with Crippen LogP contribution < -0.4 is 5.73 Å². The van der Waals surface area contributed by atoms with Crippen molar-refractivity contribution in [1.29, 1.82) is 0 Å². The molecule has 2 heteroatoms. The van der Waals surface area contributed by atoms with Crippen LogP contribution in [0.25, 0.3) is 0 Å². The van der Waals surface area contributed by atoms with Gasteiger partial charge in [-0.05, 0) is 12.1 Å². The second kappa shape index (κ2) is 4.44. The molecule has 0 radical (unpaired) electrons. The van der Waals surface area contributed by atoms with Crippen LogP contribution in [0, 0.1) is 0 Å². The highest BCUT2D eigenvalue weighted by Crippen LogP contribution is 2.16. The van der Waals surface area contributed by atoms with Gasteiger partial charge in [0.15, 0.2) is 0 Å². The van der Waals surface area contributed by atoms with Crippen LogP contribution in [-0.2, 0) is 0 Å². The van der Waals surface area contributed by atoms with E-state index in [4.69, 9.17) is 10.8 Å². The summed E-state index contributed by atoms with van der Waals surface area (Å²) >= 11 is 0. The lowest BCUT2D eigenvalue weighted by Crippen LogP contribution is -1.82. The number of aromatic hydroxyl groups is 1. The molecule has 0 amide bonds. The maximum absolute atomic E-state index is 8.79. The van der Waals surface area contributed by atoms with E-state index in [0.717, 1.165) is 0 Å². The minimum atomic E-state index is 0.146. The van der Waals surface area contributed by atoms with E-state index in [9.17, 15) is 0 Å². The molecule has 0 aliphatic carbocycles. The molecule has 2 nitrogen and oxygen atoms in total. The van der Waals surface area contributed by atoms with Gasteiger partial charge < -0.3 is 10.8 Å². The first-order chi connectivity index (χ1) is 4.80. The van der Waals surface area contributed by atoms with Crippen molar-refractivity contribution < 1.29 is 5.11 Å². The van der Waals surface area contributed by atoms with Crippen molar-refractivity contribution in [2.24, 2.45) is 0 Å². The van der Waals surface area contributed by atoms with Gasteiger partial charge in [-0.15, -0.1) is 13.2 Å². The summed E-state index contributed by atoms with van der Waals surface area (Å²) in [5.74, 6) is 0.146. The summed E-state index contributed by atoms with van der Waals surface area (Å²) in [6, 6.07) is 6.70. The van der Waals surface area contributed by atoms with Crippen molar-refractivity contribution >= 4 is 5.69 Å². The van der Waals surface area contributed by atoms with Crippen LogP contribution in [0.4, 0.5) is 5.69 Å². The normalized spacial score (nSPS) is 7.60. The van der Waals surface area contributed by atoms with Gasteiger partial charge in [0.25, 0.3) is 0 Å². The summed E-state index contributed by atoms with van der Waals surface area (Å²) in [5, 5.41) is 8.79. The number of phenolic OH excluding ortho intramolecular Hbond substituents is 1. The van der Waals surface area contributed by atoms with E-state index >= 15 is 0 Å². The summed E-state index contributed by atoms with van der Waals surface area (Å²) in [5.41, 5.74) is 5.69. The van der Waals surface area contributed by atoms with Crippen molar-refractivity contribution in [1.82, 2.24) is 0 Å². The van der Waals surface area contributed by atoms with Gasteiger partial charge in [0, 0.05) is 0 Å². The Kier molecular flexibility index (Phi) is 3.80. The topological polar surface area (TPSA) is 46.2 Å². The fourth-order valence-electron chi connectivity index (χ4n) is 0.488. The zero-order valence-corrected chi connectivity index (χ0v) is 5.75. The molecule has 0 spiro atoms. The minimum absolute atomic E-state index is 0.146. The Morgan fingerprint density at radius 1 is 1.20 bits per heavy atom. The van der Waals surface area contributed by atoms with Crippen LogP contribution in [0.1, 0.15) is 0 Å². The number of phenols is 1. The molecule has 0 unspecified atom stereocenters. The molecule has 0 saturated heterocycles. The Bertz CT molecular complexity index is 177. The highest BCUT2D eigenvalue weighted by Gasteiger charge is 1.87. The Hall–Kier alpha value is -1.44. The third-order valence-electron chi connectivity index (χ3n) is 0.937. The lowest BCUT2D eigenvalue weighted by molar-refractivity contribution is 0.478. The quantitative estimate of drug-likeness (QED) is 0.325. The number of nitrogens with two attached hydrogens (primary N) is 1. The van der Waals surface area contributed by atoms with E-state index < -0.39 is 0 Å². The lowest BCUT2D eigenvalue weighted by atomic mass is 10.3. The Balaban J connectivity index is 0.000000371. The molecule has 0 saturated carbocycles.